The summed E-state index contributed by atoms with van der Waals surface area (Å²) in [7, 11) is 0. The minimum atomic E-state index is -0.907. The van der Waals surface area contributed by atoms with E-state index in [1.165, 1.54) is 4.90 Å². The van der Waals surface area contributed by atoms with Crippen molar-refractivity contribution < 1.29 is 19.4 Å². The molecule has 2 aromatic carbocycles. The van der Waals surface area contributed by atoms with Gasteiger partial charge < -0.3 is 24.6 Å². The smallest absolute Gasteiger partial charge is 0.407 e. The third-order valence-corrected chi connectivity index (χ3v) is 8.63. The van der Waals surface area contributed by atoms with Gasteiger partial charge in [0.15, 0.2) is 0 Å². The maximum atomic E-state index is 13.5. The van der Waals surface area contributed by atoms with E-state index in [9.17, 15) is 19.5 Å². The van der Waals surface area contributed by atoms with E-state index in [0.717, 1.165) is 67.4 Å². The SMILES string of the molecule is Cc1cc(C)cc(-c2c(OCCC3CCCCN3C(=O)O)c3cc(CCC(=O)N4CCCC4)c(Cl)cc3[nH]c2=O)c1. The molecule has 41 heavy (non-hydrogen) atoms. The maximum absolute atomic E-state index is 13.5. The first kappa shape index (κ1) is 29.0. The van der Waals surface area contributed by atoms with Crippen molar-refractivity contribution in [1.82, 2.24) is 14.8 Å². The topological polar surface area (TPSA) is 103 Å². The van der Waals surface area contributed by atoms with Crippen LogP contribution in [-0.2, 0) is 11.2 Å². The van der Waals surface area contributed by atoms with Crippen LogP contribution in [0.3, 0.4) is 0 Å². The van der Waals surface area contributed by atoms with Crippen LogP contribution < -0.4 is 10.3 Å². The number of aryl methyl sites for hydroxylation is 3. The Hall–Kier alpha value is -3.52. The fraction of sp³-hybridized carbons (Fsp3) is 0.469. The number of H-pyrrole nitrogens is 1. The zero-order valence-corrected chi connectivity index (χ0v) is 24.6. The average molecular weight is 580 g/mol. The molecule has 9 heteroatoms. The van der Waals surface area contributed by atoms with Gasteiger partial charge in [-0.3, -0.25) is 9.59 Å². The second-order valence-electron chi connectivity index (χ2n) is 11.4. The molecule has 3 aromatic rings. The number of piperidine rings is 1. The number of rotatable bonds is 8. The molecule has 0 saturated carbocycles. The van der Waals surface area contributed by atoms with Crippen molar-refractivity contribution in [1.29, 1.82) is 0 Å². The molecule has 0 bridgehead atoms. The molecule has 3 heterocycles. The zero-order chi connectivity index (χ0) is 29.1. The van der Waals surface area contributed by atoms with Crippen LogP contribution in [0.25, 0.3) is 22.0 Å². The maximum Gasteiger partial charge on any atom is 0.407 e. The van der Waals surface area contributed by atoms with Crippen LogP contribution in [0.2, 0.25) is 5.02 Å². The van der Waals surface area contributed by atoms with E-state index < -0.39 is 6.09 Å². The predicted octanol–water partition coefficient (Wildman–Crippen LogP) is 6.32. The highest BCUT2D eigenvalue weighted by Crippen LogP contribution is 2.37. The monoisotopic (exact) mass is 579 g/mol. The van der Waals surface area contributed by atoms with Gasteiger partial charge in [0, 0.05) is 48.9 Å². The van der Waals surface area contributed by atoms with E-state index >= 15 is 0 Å². The van der Waals surface area contributed by atoms with Crippen LogP contribution in [-0.4, -0.2) is 64.2 Å². The normalized spacial score (nSPS) is 17.3. The molecule has 2 aliphatic heterocycles. The van der Waals surface area contributed by atoms with Crippen molar-refractivity contribution in [3.63, 3.8) is 0 Å². The lowest BCUT2D eigenvalue weighted by molar-refractivity contribution is -0.130. The molecule has 8 nitrogen and oxygen atoms in total. The quantitative estimate of drug-likeness (QED) is 0.325. The Kier molecular flexibility index (Phi) is 8.88. The van der Waals surface area contributed by atoms with Gasteiger partial charge in [-0.05, 0) is 75.6 Å². The van der Waals surface area contributed by atoms with Crippen molar-refractivity contribution in [3.8, 4) is 16.9 Å². The molecule has 2 amide bonds. The fourth-order valence-electron chi connectivity index (χ4n) is 6.27. The summed E-state index contributed by atoms with van der Waals surface area (Å²) in [5, 5.41) is 10.9. The number of hydrogen-bond donors (Lipinski definition) is 2. The summed E-state index contributed by atoms with van der Waals surface area (Å²) >= 11 is 6.65. The number of ether oxygens (including phenoxy) is 1. The molecule has 2 fully saturated rings. The molecule has 5 rings (SSSR count). The first-order valence-electron chi connectivity index (χ1n) is 14.6. The van der Waals surface area contributed by atoms with E-state index in [2.05, 4.69) is 11.1 Å². The summed E-state index contributed by atoms with van der Waals surface area (Å²) in [5.74, 6) is 0.582. The lowest BCUT2D eigenvalue weighted by Gasteiger charge is -2.33. The lowest BCUT2D eigenvalue weighted by Crippen LogP contribution is -2.43. The highest BCUT2D eigenvalue weighted by Gasteiger charge is 2.27. The number of likely N-dealkylation sites (tertiary alicyclic amines) is 2. The Morgan fingerprint density at radius 2 is 1.73 bits per heavy atom. The van der Waals surface area contributed by atoms with Gasteiger partial charge in [0.1, 0.15) is 5.75 Å². The molecule has 0 spiro atoms. The molecule has 1 atom stereocenters. The van der Waals surface area contributed by atoms with Crippen molar-refractivity contribution in [2.24, 2.45) is 0 Å². The fourth-order valence-corrected chi connectivity index (χ4v) is 6.53. The Bertz CT molecular complexity index is 1490. The van der Waals surface area contributed by atoms with Crippen LogP contribution in [0.15, 0.2) is 35.1 Å². The molecular formula is C32H38ClN3O5. The molecule has 0 radical (unpaired) electrons. The van der Waals surface area contributed by atoms with Crippen LogP contribution in [0, 0.1) is 13.8 Å². The third-order valence-electron chi connectivity index (χ3n) is 8.28. The number of amides is 2. The van der Waals surface area contributed by atoms with Gasteiger partial charge in [-0.25, -0.2) is 4.79 Å². The third kappa shape index (κ3) is 6.53. The molecular weight excluding hydrogens is 542 g/mol. The number of nitrogens with one attached hydrogen (secondary N) is 1. The zero-order valence-electron chi connectivity index (χ0n) is 23.8. The largest absolute Gasteiger partial charge is 0.492 e. The van der Waals surface area contributed by atoms with Gasteiger partial charge in [0.05, 0.1) is 17.7 Å². The number of hydrogen-bond acceptors (Lipinski definition) is 4. The number of benzene rings is 2. The van der Waals surface area contributed by atoms with Crippen LogP contribution in [0.1, 0.15) is 61.6 Å². The highest BCUT2D eigenvalue weighted by atomic mass is 35.5. The second-order valence-corrected chi connectivity index (χ2v) is 11.8. The number of aromatic nitrogens is 1. The Labute approximate surface area is 245 Å². The Morgan fingerprint density at radius 1 is 1.02 bits per heavy atom. The molecule has 0 aliphatic carbocycles. The van der Waals surface area contributed by atoms with Crippen molar-refractivity contribution in [2.45, 2.75) is 71.3 Å². The second kappa shape index (κ2) is 12.6. The molecule has 218 valence electrons. The number of fused-ring (bicyclic) bond motifs is 1. The van der Waals surface area contributed by atoms with Gasteiger partial charge in [0.25, 0.3) is 5.56 Å². The van der Waals surface area contributed by atoms with Crippen LogP contribution in [0.5, 0.6) is 5.75 Å². The summed E-state index contributed by atoms with van der Waals surface area (Å²) in [6, 6.07) is 9.53. The van der Waals surface area contributed by atoms with E-state index in [-0.39, 0.29) is 24.1 Å². The van der Waals surface area contributed by atoms with Gasteiger partial charge in [-0.15, -0.1) is 0 Å². The number of aromatic amines is 1. The average Bonchev–Trinajstić information content (AvgIpc) is 3.47. The van der Waals surface area contributed by atoms with Gasteiger partial charge >= 0.3 is 6.09 Å². The minimum Gasteiger partial charge on any atom is -0.492 e. The van der Waals surface area contributed by atoms with Crippen molar-refractivity contribution in [2.75, 3.05) is 26.2 Å². The van der Waals surface area contributed by atoms with Gasteiger partial charge in [-0.1, -0.05) is 40.9 Å². The predicted molar refractivity (Wildman–Crippen MR) is 161 cm³/mol. The van der Waals surface area contributed by atoms with Crippen molar-refractivity contribution >= 4 is 34.5 Å². The standard InChI is InChI=1S/C32H38ClN3O5/c1-20-15-21(2)17-23(16-20)29-30(41-14-10-24-7-3-4-13-36(24)32(39)40)25-18-22(26(33)19-27(25)34-31(29)38)8-9-28(37)35-11-5-6-12-35/h15-19,24H,3-14H2,1-2H3,(H,34,38)(H,39,40). The lowest BCUT2D eigenvalue weighted by atomic mass is 9.97. The number of nitrogens with zero attached hydrogens (tertiary/aromatic N) is 2. The Morgan fingerprint density at radius 3 is 2.44 bits per heavy atom. The first-order valence-corrected chi connectivity index (χ1v) is 15.0. The number of carbonyl (C=O) groups is 2. The molecule has 2 saturated heterocycles. The minimum absolute atomic E-state index is 0.124. The van der Waals surface area contributed by atoms with E-state index in [1.807, 2.05) is 36.9 Å². The van der Waals surface area contributed by atoms with Gasteiger partial charge in [-0.2, -0.15) is 0 Å². The van der Waals surface area contributed by atoms with Crippen LogP contribution >= 0.6 is 11.6 Å². The van der Waals surface area contributed by atoms with Gasteiger partial charge in [0.2, 0.25) is 5.91 Å². The summed E-state index contributed by atoms with van der Waals surface area (Å²) in [4.78, 5) is 44.5. The number of pyridine rings is 1. The number of halogens is 1. The highest BCUT2D eigenvalue weighted by molar-refractivity contribution is 6.32. The van der Waals surface area contributed by atoms with E-state index in [0.29, 0.717) is 53.0 Å². The molecule has 1 unspecified atom stereocenters. The first-order chi connectivity index (χ1) is 19.7. The molecule has 1 aromatic heterocycles. The number of carboxylic acid groups (broad SMARTS) is 1. The number of carbonyl (C=O) groups excluding carboxylic acids is 1. The molecule has 2 N–H and O–H groups in total. The summed E-state index contributed by atoms with van der Waals surface area (Å²) in [6.07, 6.45) is 5.19. The summed E-state index contributed by atoms with van der Waals surface area (Å²) in [6.45, 7) is 6.39. The molecule has 2 aliphatic rings. The van der Waals surface area contributed by atoms with Crippen molar-refractivity contribution in [3.05, 3.63) is 62.4 Å². The van der Waals surface area contributed by atoms with Crippen LogP contribution in [0.4, 0.5) is 4.79 Å². The van der Waals surface area contributed by atoms with E-state index in [1.54, 1.807) is 6.07 Å². The van der Waals surface area contributed by atoms with E-state index in [4.69, 9.17) is 16.3 Å². The summed E-state index contributed by atoms with van der Waals surface area (Å²) < 4.78 is 6.44. The summed E-state index contributed by atoms with van der Waals surface area (Å²) in [5.41, 5.74) is 4.34. The Balaban J connectivity index is 1.51.